The zero-order valence-electron chi connectivity index (χ0n) is 14.5. The molecule has 2 rings (SSSR count). The van der Waals surface area contributed by atoms with Crippen molar-refractivity contribution >= 4 is 11.8 Å². The summed E-state index contributed by atoms with van der Waals surface area (Å²) >= 11 is 0. The van der Waals surface area contributed by atoms with Crippen LogP contribution in [-0.2, 0) is 11.3 Å². The van der Waals surface area contributed by atoms with Crippen LogP contribution in [0, 0.1) is 13.8 Å². The van der Waals surface area contributed by atoms with E-state index in [0.29, 0.717) is 24.7 Å². The number of aryl methyl sites for hydroxylation is 2. The number of rotatable bonds is 6. The van der Waals surface area contributed by atoms with Gasteiger partial charge in [0.15, 0.2) is 0 Å². The van der Waals surface area contributed by atoms with Crippen LogP contribution in [0.4, 0.5) is 10.5 Å². The average molecular weight is 329 g/mol. The summed E-state index contributed by atoms with van der Waals surface area (Å²) in [5.41, 5.74) is 3.62. The molecule has 0 saturated heterocycles. The molecule has 0 aliphatic carbocycles. The van der Waals surface area contributed by atoms with E-state index < -0.39 is 6.09 Å². The highest BCUT2D eigenvalue weighted by Crippen LogP contribution is 2.30. The van der Waals surface area contributed by atoms with Crippen LogP contribution < -0.4 is 14.8 Å². The van der Waals surface area contributed by atoms with Gasteiger partial charge in [0.1, 0.15) is 18.1 Å². The van der Waals surface area contributed by atoms with Crippen molar-refractivity contribution in [2.45, 2.75) is 27.4 Å². The lowest BCUT2D eigenvalue weighted by molar-refractivity contribution is 0.167. The van der Waals surface area contributed by atoms with Crippen LogP contribution in [0.15, 0.2) is 36.4 Å². The number of methoxy groups -OCH3 is 1. The molecule has 0 fully saturated rings. The predicted molar refractivity (Wildman–Crippen MR) is 93.9 cm³/mol. The fraction of sp³-hybridized carbons (Fsp3) is 0.316. The molecule has 0 heterocycles. The van der Waals surface area contributed by atoms with Crippen LogP contribution in [0.5, 0.6) is 11.5 Å². The summed E-state index contributed by atoms with van der Waals surface area (Å²) in [5, 5.41) is 2.72. The maximum atomic E-state index is 11.8. The second-order valence-corrected chi connectivity index (χ2v) is 5.40. The minimum Gasteiger partial charge on any atom is -0.495 e. The third-order valence-electron chi connectivity index (χ3n) is 3.55. The summed E-state index contributed by atoms with van der Waals surface area (Å²) in [6, 6.07) is 11.5. The molecule has 128 valence electrons. The van der Waals surface area contributed by atoms with Gasteiger partial charge in [-0.25, -0.2) is 4.79 Å². The molecule has 2 aromatic carbocycles. The molecule has 0 atom stereocenters. The fourth-order valence-electron chi connectivity index (χ4n) is 2.39. The molecule has 24 heavy (non-hydrogen) atoms. The highest BCUT2D eigenvalue weighted by molar-refractivity contribution is 5.88. The molecule has 0 aliphatic rings. The summed E-state index contributed by atoms with van der Waals surface area (Å²) < 4.78 is 16.2. The first kappa shape index (κ1) is 17.7. The Kier molecular flexibility index (Phi) is 6.07. The Morgan fingerprint density at radius 1 is 1.12 bits per heavy atom. The topological polar surface area (TPSA) is 56.8 Å². The molecule has 0 bridgehead atoms. The molecular formula is C19H23NO4. The number of amides is 1. The Morgan fingerprint density at radius 2 is 1.92 bits per heavy atom. The number of nitrogens with one attached hydrogen (secondary N) is 1. The van der Waals surface area contributed by atoms with E-state index in [-0.39, 0.29) is 0 Å². The molecular weight excluding hydrogens is 306 g/mol. The number of carbonyl (C=O) groups is 1. The van der Waals surface area contributed by atoms with Crippen molar-refractivity contribution in [3.8, 4) is 11.5 Å². The van der Waals surface area contributed by atoms with Crippen LogP contribution in [0.1, 0.15) is 23.6 Å². The Hall–Kier alpha value is -2.69. The van der Waals surface area contributed by atoms with Crippen LogP contribution in [0.25, 0.3) is 0 Å². The standard InChI is InChI=1S/C19H23NO4/c1-5-23-19(21)20-18-15(7-6-8-17(18)22-4)12-24-16-10-9-13(2)11-14(16)3/h6-11H,5,12H2,1-4H3,(H,20,21). The van der Waals surface area contributed by atoms with Gasteiger partial charge in [-0.05, 0) is 38.5 Å². The van der Waals surface area contributed by atoms with Gasteiger partial charge in [-0.15, -0.1) is 0 Å². The number of benzene rings is 2. The normalized spacial score (nSPS) is 10.2. The highest BCUT2D eigenvalue weighted by atomic mass is 16.5. The van der Waals surface area contributed by atoms with Gasteiger partial charge < -0.3 is 14.2 Å². The van der Waals surface area contributed by atoms with E-state index in [9.17, 15) is 4.79 Å². The van der Waals surface area contributed by atoms with Crippen LogP contribution in [-0.4, -0.2) is 19.8 Å². The number of para-hydroxylation sites is 1. The quantitative estimate of drug-likeness (QED) is 0.850. The highest BCUT2D eigenvalue weighted by Gasteiger charge is 2.14. The largest absolute Gasteiger partial charge is 0.495 e. The van der Waals surface area contributed by atoms with Gasteiger partial charge in [0.25, 0.3) is 0 Å². The maximum absolute atomic E-state index is 11.8. The summed E-state index contributed by atoms with van der Waals surface area (Å²) in [4.78, 5) is 11.8. The van der Waals surface area contributed by atoms with Crippen molar-refractivity contribution in [3.63, 3.8) is 0 Å². The first-order chi connectivity index (χ1) is 11.5. The van der Waals surface area contributed by atoms with Crippen molar-refractivity contribution in [2.75, 3.05) is 19.0 Å². The van der Waals surface area contributed by atoms with E-state index in [0.717, 1.165) is 16.9 Å². The SMILES string of the molecule is CCOC(=O)Nc1c(COc2ccc(C)cc2C)cccc1OC. The van der Waals surface area contributed by atoms with E-state index in [1.807, 2.05) is 38.1 Å². The molecule has 2 aromatic rings. The van der Waals surface area contributed by atoms with Crippen molar-refractivity contribution in [1.29, 1.82) is 0 Å². The van der Waals surface area contributed by atoms with Gasteiger partial charge in [0, 0.05) is 5.56 Å². The zero-order chi connectivity index (χ0) is 17.5. The second kappa shape index (κ2) is 8.24. The lowest BCUT2D eigenvalue weighted by Crippen LogP contribution is -2.16. The van der Waals surface area contributed by atoms with E-state index in [1.165, 1.54) is 5.56 Å². The third-order valence-corrected chi connectivity index (χ3v) is 3.55. The van der Waals surface area contributed by atoms with E-state index >= 15 is 0 Å². The molecule has 0 radical (unpaired) electrons. The number of anilines is 1. The summed E-state index contributed by atoms with van der Waals surface area (Å²) in [6.45, 7) is 6.41. The predicted octanol–water partition coefficient (Wildman–Crippen LogP) is 4.46. The van der Waals surface area contributed by atoms with Gasteiger partial charge in [0.05, 0.1) is 19.4 Å². The Bertz CT molecular complexity index is 713. The van der Waals surface area contributed by atoms with Crippen molar-refractivity contribution < 1.29 is 19.0 Å². The van der Waals surface area contributed by atoms with Crippen LogP contribution in [0.2, 0.25) is 0 Å². The molecule has 5 nitrogen and oxygen atoms in total. The first-order valence-corrected chi connectivity index (χ1v) is 7.84. The number of hydrogen-bond donors (Lipinski definition) is 1. The van der Waals surface area contributed by atoms with E-state index in [4.69, 9.17) is 14.2 Å². The minimum absolute atomic E-state index is 0.301. The summed E-state index contributed by atoms with van der Waals surface area (Å²) in [7, 11) is 1.56. The van der Waals surface area contributed by atoms with Crippen LogP contribution in [0.3, 0.4) is 0 Å². The average Bonchev–Trinajstić information content (AvgIpc) is 2.55. The zero-order valence-corrected chi connectivity index (χ0v) is 14.5. The lowest BCUT2D eigenvalue weighted by Gasteiger charge is -2.16. The molecule has 1 amide bonds. The fourth-order valence-corrected chi connectivity index (χ4v) is 2.39. The molecule has 0 unspecified atom stereocenters. The van der Waals surface area contributed by atoms with Crippen molar-refractivity contribution in [2.24, 2.45) is 0 Å². The summed E-state index contributed by atoms with van der Waals surface area (Å²) in [5.74, 6) is 1.37. The number of hydrogen-bond acceptors (Lipinski definition) is 4. The Labute approximate surface area is 142 Å². The van der Waals surface area contributed by atoms with Gasteiger partial charge in [-0.2, -0.15) is 0 Å². The van der Waals surface area contributed by atoms with E-state index in [2.05, 4.69) is 11.4 Å². The Morgan fingerprint density at radius 3 is 2.58 bits per heavy atom. The van der Waals surface area contributed by atoms with Crippen LogP contribution >= 0.6 is 0 Å². The smallest absolute Gasteiger partial charge is 0.411 e. The third kappa shape index (κ3) is 4.41. The minimum atomic E-state index is -0.519. The number of ether oxygens (including phenoxy) is 3. The molecule has 0 saturated carbocycles. The van der Waals surface area contributed by atoms with Gasteiger partial charge in [0.2, 0.25) is 0 Å². The van der Waals surface area contributed by atoms with E-state index in [1.54, 1.807) is 20.1 Å². The monoisotopic (exact) mass is 329 g/mol. The van der Waals surface area contributed by atoms with Crippen molar-refractivity contribution in [1.82, 2.24) is 0 Å². The molecule has 0 aliphatic heterocycles. The number of carbonyl (C=O) groups excluding carboxylic acids is 1. The second-order valence-electron chi connectivity index (χ2n) is 5.40. The maximum Gasteiger partial charge on any atom is 0.411 e. The Balaban J connectivity index is 2.21. The summed E-state index contributed by atoms with van der Waals surface area (Å²) in [6.07, 6.45) is -0.519. The first-order valence-electron chi connectivity index (χ1n) is 7.84. The van der Waals surface area contributed by atoms with Gasteiger partial charge >= 0.3 is 6.09 Å². The molecule has 1 N–H and O–H groups in total. The molecule has 0 aromatic heterocycles. The van der Waals surface area contributed by atoms with Gasteiger partial charge in [-0.1, -0.05) is 29.8 Å². The van der Waals surface area contributed by atoms with Gasteiger partial charge in [-0.3, -0.25) is 5.32 Å². The lowest BCUT2D eigenvalue weighted by atomic mass is 10.1. The molecule has 0 spiro atoms. The van der Waals surface area contributed by atoms with Crippen molar-refractivity contribution in [3.05, 3.63) is 53.1 Å². The molecule has 5 heteroatoms.